The molecule has 0 aliphatic carbocycles. The van der Waals surface area contributed by atoms with Crippen molar-refractivity contribution in [3.05, 3.63) is 84.5 Å². The molecule has 5 aromatic rings. The van der Waals surface area contributed by atoms with E-state index in [9.17, 15) is 13.2 Å². The smallest absolute Gasteiger partial charge is 0.448 e. The fourth-order valence-corrected chi connectivity index (χ4v) is 4.53. The second kappa shape index (κ2) is 13.9. The maximum Gasteiger partial charge on any atom is 0.573 e. The summed E-state index contributed by atoms with van der Waals surface area (Å²) in [7, 11) is 0. The molecule has 0 amide bonds. The van der Waals surface area contributed by atoms with Gasteiger partial charge in [-0.15, -0.1) is 13.2 Å². The number of benzene rings is 2. The minimum atomic E-state index is -4.77. The van der Waals surface area contributed by atoms with Gasteiger partial charge in [0, 0.05) is 42.8 Å². The topological polar surface area (TPSA) is 123 Å². The Labute approximate surface area is 239 Å². The van der Waals surface area contributed by atoms with E-state index < -0.39 is 6.36 Å². The molecule has 0 aliphatic heterocycles. The van der Waals surface area contributed by atoms with Crippen LogP contribution in [0.3, 0.4) is 0 Å². The zero-order valence-electron chi connectivity index (χ0n) is 22.7. The van der Waals surface area contributed by atoms with Crippen LogP contribution in [0, 0.1) is 0 Å². The normalized spacial score (nSPS) is 11.7. The SMILES string of the molecule is FC(F)(F)Oc1cc(CNCCCCOCCNc2cc(-c3ccnnc3)cc3[nH]ncc23)cc(Cc2cnco2)c1. The molecule has 220 valence electrons. The van der Waals surface area contributed by atoms with Crippen LogP contribution in [0.25, 0.3) is 22.0 Å². The molecule has 0 fully saturated rings. The summed E-state index contributed by atoms with van der Waals surface area (Å²) in [5, 5.41) is 22.7. The van der Waals surface area contributed by atoms with Crippen molar-refractivity contribution < 1.29 is 27.1 Å². The van der Waals surface area contributed by atoms with Crippen LogP contribution in [0.1, 0.15) is 29.7 Å². The van der Waals surface area contributed by atoms with Crippen molar-refractivity contribution in [1.29, 1.82) is 0 Å². The number of anilines is 1. The molecule has 42 heavy (non-hydrogen) atoms. The number of halogens is 3. The number of aromatic amines is 1. The minimum absolute atomic E-state index is 0.257. The highest BCUT2D eigenvalue weighted by molar-refractivity contribution is 5.95. The van der Waals surface area contributed by atoms with Crippen LogP contribution in [0.2, 0.25) is 0 Å². The van der Waals surface area contributed by atoms with E-state index in [0.29, 0.717) is 56.2 Å². The number of fused-ring (bicyclic) bond motifs is 1. The molecule has 0 aliphatic rings. The summed E-state index contributed by atoms with van der Waals surface area (Å²) in [5.74, 6) is 0.298. The van der Waals surface area contributed by atoms with E-state index in [1.807, 2.05) is 18.2 Å². The third kappa shape index (κ3) is 8.51. The zero-order chi connectivity index (χ0) is 29.2. The number of nitrogens with zero attached hydrogens (tertiary/aromatic N) is 4. The lowest BCUT2D eigenvalue weighted by molar-refractivity contribution is -0.274. The number of hydrogen-bond donors (Lipinski definition) is 3. The van der Waals surface area contributed by atoms with E-state index in [1.165, 1.54) is 24.7 Å². The summed E-state index contributed by atoms with van der Waals surface area (Å²) in [6, 6.07) is 10.6. The second-order valence-electron chi connectivity index (χ2n) is 9.59. The standard InChI is InChI=1S/C29H30F3N7O3/c30-29(31,32)42-24-10-20(11-25-17-34-19-41-25)9-21(12-24)15-33-4-1-2-7-40-8-6-35-27-13-23(22-3-5-36-37-16-22)14-28-26(27)18-38-39-28/h3,5,9-10,12-14,16-19,33,35H,1-2,4,6-8,11,15H2,(H,38,39). The van der Waals surface area contributed by atoms with E-state index in [0.717, 1.165) is 40.6 Å². The molecule has 13 heteroatoms. The lowest BCUT2D eigenvalue weighted by atomic mass is 10.1. The molecular formula is C29H30F3N7O3. The maximum atomic E-state index is 12.8. The molecular weight excluding hydrogens is 551 g/mol. The molecule has 3 heterocycles. The predicted octanol–water partition coefficient (Wildman–Crippen LogP) is 5.50. The summed E-state index contributed by atoms with van der Waals surface area (Å²) in [6.07, 6.45) is 5.23. The molecule has 0 radical (unpaired) electrons. The average Bonchev–Trinajstić information content (AvgIpc) is 3.66. The minimum Gasteiger partial charge on any atom is -0.448 e. The molecule has 0 atom stereocenters. The van der Waals surface area contributed by atoms with Crippen LogP contribution in [-0.2, 0) is 17.7 Å². The molecule has 0 unspecified atom stereocenters. The van der Waals surface area contributed by atoms with Gasteiger partial charge < -0.3 is 24.5 Å². The maximum absolute atomic E-state index is 12.8. The molecule has 0 bridgehead atoms. The number of hydrogen-bond acceptors (Lipinski definition) is 9. The van der Waals surface area contributed by atoms with E-state index in [2.05, 4.69) is 46.8 Å². The Morgan fingerprint density at radius 2 is 1.81 bits per heavy atom. The summed E-state index contributed by atoms with van der Waals surface area (Å²) in [6.45, 7) is 2.86. The molecule has 0 saturated heterocycles. The van der Waals surface area contributed by atoms with Crippen LogP contribution in [-0.4, -0.2) is 58.0 Å². The molecule has 5 rings (SSSR count). The lowest BCUT2D eigenvalue weighted by Gasteiger charge is -2.13. The third-order valence-corrected chi connectivity index (χ3v) is 6.38. The van der Waals surface area contributed by atoms with E-state index in [-0.39, 0.29) is 5.75 Å². The van der Waals surface area contributed by atoms with Crippen LogP contribution in [0.15, 0.2) is 72.0 Å². The largest absolute Gasteiger partial charge is 0.573 e. The van der Waals surface area contributed by atoms with E-state index in [4.69, 9.17) is 9.15 Å². The number of H-pyrrole nitrogens is 1. The van der Waals surface area contributed by atoms with Gasteiger partial charge in [0.2, 0.25) is 0 Å². The molecule has 2 aromatic carbocycles. The second-order valence-corrected chi connectivity index (χ2v) is 9.59. The molecule has 3 N–H and O–H groups in total. The first-order valence-electron chi connectivity index (χ1n) is 13.5. The van der Waals surface area contributed by atoms with Crippen molar-refractivity contribution in [1.82, 2.24) is 30.7 Å². The van der Waals surface area contributed by atoms with Gasteiger partial charge in [-0.05, 0) is 66.4 Å². The van der Waals surface area contributed by atoms with Crippen LogP contribution in [0.5, 0.6) is 5.75 Å². The van der Waals surface area contributed by atoms with Gasteiger partial charge in [-0.1, -0.05) is 6.07 Å². The van der Waals surface area contributed by atoms with E-state index >= 15 is 0 Å². The number of aromatic nitrogens is 5. The van der Waals surface area contributed by atoms with Gasteiger partial charge in [-0.2, -0.15) is 15.3 Å². The van der Waals surface area contributed by atoms with Gasteiger partial charge >= 0.3 is 6.36 Å². The number of unbranched alkanes of at least 4 members (excludes halogenated alkanes) is 1. The van der Waals surface area contributed by atoms with Crippen LogP contribution >= 0.6 is 0 Å². The summed E-state index contributed by atoms with van der Waals surface area (Å²) in [4.78, 5) is 3.85. The van der Waals surface area contributed by atoms with E-state index in [1.54, 1.807) is 18.6 Å². The zero-order valence-corrected chi connectivity index (χ0v) is 22.7. The van der Waals surface area contributed by atoms with Crippen molar-refractivity contribution in [3.8, 4) is 16.9 Å². The van der Waals surface area contributed by atoms with Gasteiger partial charge in [0.15, 0.2) is 6.39 Å². The summed E-state index contributed by atoms with van der Waals surface area (Å²) >= 11 is 0. The monoisotopic (exact) mass is 581 g/mol. The highest BCUT2D eigenvalue weighted by Crippen LogP contribution is 2.29. The average molecular weight is 582 g/mol. The van der Waals surface area contributed by atoms with Crippen molar-refractivity contribution >= 4 is 16.6 Å². The van der Waals surface area contributed by atoms with Crippen molar-refractivity contribution in [2.45, 2.75) is 32.2 Å². The Morgan fingerprint density at radius 1 is 0.905 bits per heavy atom. The number of nitrogens with one attached hydrogen (secondary N) is 3. The van der Waals surface area contributed by atoms with Gasteiger partial charge in [0.05, 0.1) is 36.9 Å². The van der Waals surface area contributed by atoms with Crippen molar-refractivity contribution in [3.63, 3.8) is 0 Å². The summed E-state index contributed by atoms with van der Waals surface area (Å²) < 4.78 is 53.6. The Hall–Kier alpha value is -4.49. The Balaban J connectivity index is 1.02. The van der Waals surface area contributed by atoms with Crippen LogP contribution in [0.4, 0.5) is 18.9 Å². The van der Waals surface area contributed by atoms with Gasteiger partial charge in [-0.25, -0.2) is 4.98 Å². The number of alkyl halides is 3. The van der Waals surface area contributed by atoms with Gasteiger partial charge in [0.1, 0.15) is 11.5 Å². The molecule has 0 saturated carbocycles. The number of ether oxygens (including phenoxy) is 2. The van der Waals surface area contributed by atoms with Crippen molar-refractivity contribution in [2.24, 2.45) is 0 Å². The summed E-state index contributed by atoms with van der Waals surface area (Å²) in [5.41, 5.74) is 5.17. The highest BCUT2D eigenvalue weighted by Gasteiger charge is 2.31. The Bertz CT molecular complexity index is 1540. The fourth-order valence-electron chi connectivity index (χ4n) is 4.53. The van der Waals surface area contributed by atoms with Crippen LogP contribution < -0.4 is 15.4 Å². The highest BCUT2D eigenvalue weighted by atomic mass is 19.4. The first-order chi connectivity index (χ1) is 20.4. The van der Waals surface area contributed by atoms with Gasteiger partial charge in [0.25, 0.3) is 0 Å². The quantitative estimate of drug-likeness (QED) is 0.138. The Kier molecular flexibility index (Phi) is 9.62. The fraction of sp³-hybridized carbons (Fsp3) is 0.310. The number of oxazole rings is 1. The van der Waals surface area contributed by atoms with Crippen molar-refractivity contribution in [2.75, 3.05) is 31.6 Å². The van der Waals surface area contributed by atoms with Gasteiger partial charge in [-0.3, -0.25) is 5.10 Å². The lowest BCUT2D eigenvalue weighted by Crippen LogP contribution is -2.18. The molecule has 3 aromatic heterocycles. The molecule has 10 nitrogen and oxygen atoms in total. The Morgan fingerprint density at radius 3 is 2.62 bits per heavy atom. The molecule has 0 spiro atoms. The third-order valence-electron chi connectivity index (χ3n) is 6.38. The number of rotatable bonds is 15. The first kappa shape index (κ1) is 29.0. The predicted molar refractivity (Wildman–Crippen MR) is 150 cm³/mol. The first-order valence-corrected chi connectivity index (χ1v) is 13.5.